The first-order chi connectivity index (χ1) is 6.22. The lowest BCUT2D eigenvalue weighted by Gasteiger charge is -2.28. The number of methoxy groups -OCH3 is 1. The Labute approximate surface area is 80.5 Å². The molecule has 0 radical (unpaired) electrons. The summed E-state index contributed by atoms with van der Waals surface area (Å²) in [4.78, 5) is 0. The molecule has 1 aliphatic rings. The van der Waals surface area contributed by atoms with Crippen LogP contribution in [-0.4, -0.2) is 37.5 Å². The Morgan fingerprint density at radius 2 is 2.38 bits per heavy atom. The van der Waals surface area contributed by atoms with Crippen molar-refractivity contribution in [1.82, 2.24) is 5.32 Å². The third-order valence-corrected chi connectivity index (χ3v) is 2.96. The highest BCUT2D eigenvalue weighted by atomic mass is 16.5. The van der Waals surface area contributed by atoms with Gasteiger partial charge in [-0.1, -0.05) is 6.92 Å². The van der Waals surface area contributed by atoms with Crippen LogP contribution in [0.25, 0.3) is 0 Å². The molecular formula is C10H21NO2. The predicted octanol–water partition coefficient (Wildman–Crippen LogP) is 0.773. The fourth-order valence-corrected chi connectivity index (χ4v) is 2.17. The molecule has 0 bridgehead atoms. The van der Waals surface area contributed by atoms with E-state index in [0.29, 0.717) is 0 Å². The summed E-state index contributed by atoms with van der Waals surface area (Å²) in [5.74, 6) is 0.738. The molecule has 0 heterocycles. The minimum Gasteiger partial charge on any atom is -0.394 e. The van der Waals surface area contributed by atoms with Gasteiger partial charge in [-0.05, 0) is 25.2 Å². The maximum absolute atomic E-state index is 9.33. The van der Waals surface area contributed by atoms with Crippen LogP contribution in [0.15, 0.2) is 0 Å². The zero-order valence-corrected chi connectivity index (χ0v) is 8.68. The molecule has 78 valence electrons. The van der Waals surface area contributed by atoms with E-state index in [1.165, 1.54) is 6.42 Å². The molecular weight excluding hydrogens is 166 g/mol. The molecule has 0 aliphatic heterocycles. The van der Waals surface area contributed by atoms with Gasteiger partial charge in [0.2, 0.25) is 0 Å². The lowest BCUT2D eigenvalue weighted by Crippen LogP contribution is -2.47. The van der Waals surface area contributed by atoms with Gasteiger partial charge in [-0.15, -0.1) is 0 Å². The summed E-state index contributed by atoms with van der Waals surface area (Å²) in [5.41, 5.74) is -0.0159. The Morgan fingerprint density at radius 1 is 1.62 bits per heavy atom. The second kappa shape index (κ2) is 4.94. The van der Waals surface area contributed by atoms with Crippen molar-refractivity contribution in [2.75, 3.05) is 26.9 Å². The zero-order chi connectivity index (χ0) is 9.73. The molecule has 0 aromatic heterocycles. The van der Waals surface area contributed by atoms with E-state index < -0.39 is 0 Å². The smallest absolute Gasteiger partial charge is 0.0613 e. The fourth-order valence-electron chi connectivity index (χ4n) is 2.17. The van der Waals surface area contributed by atoms with Crippen molar-refractivity contribution >= 4 is 0 Å². The van der Waals surface area contributed by atoms with Gasteiger partial charge in [0.1, 0.15) is 0 Å². The number of hydrogen-bond acceptors (Lipinski definition) is 3. The summed E-state index contributed by atoms with van der Waals surface area (Å²) in [6, 6.07) is 0. The number of nitrogens with one attached hydrogen (secondary N) is 1. The number of hydrogen-bond donors (Lipinski definition) is 2. The molecule has 1 rings (SSSR count). The van der Waals surface area contributed by atoms with E-state index in [0.717, 1.165) is 31.9 Å². The monoisotopic (exact) mass is 187 g/mol. The van der Waals surface area contributed by atoms with Crippen LogP contribution in [0.2, 0.25) is 0 Å². The van der Waals surface area contributed by atoms with Gasteiger partial charge in [-0.25, -0.2) is 0 Å². The first-order valence-electron chi connectivity index (χ1n) is 5.07. The van der Waals surface area contributed by atoms with Gasteiger partial charge in [-0.2, -0.15) is 0 Å². The molecule has 0 amide bonds. The number of aliphatic hydroxyl groups is 1. The van der Waals surface area contributed by atoms with E-state index in [4.69, 9.17) is 4.74 Å². The van der Waals surface area contributed by atoms with E-state index in [-0.39, 0.29) is 12.1 Å². The lowest BCUT2D eigenvalue weighted by atomic mass is 9.97. The average molecular weight is 187 g/mol. The Balaban J connectivity index is 2.32. The van der Waals surface area contributed by atoms with Crippen LogP contribution in [0.3, 0.4) is 0 Å². The molecule has 0 spiro atoms. The molecule has 2 unspecified atom stereocenters. The molecule has 3 nitrogen and oxygen atoms in total. The van der Waals surface area contributed by atoms with Crippen LogP contribution in [-0.2, 0) is 4.74 Å². The predicted molar refractivity (Wildman–Crippen MR) is 52.7 cm³/mol. The van der Waals surface area contributed by atoms with Crippen molar-refractivity contribution in [3.63, 3.8) is 0 Å². The van der Waals surface area contributed by atoms with Crippen LogP contribution in [0.4, 0.5) is 0 Å². The first-order valence-corrected chi connectivity index (χ1v) is 5.07. The van der Waals surface area contributed by atoms with Crippen LogP contribution >= 0.6 is 0 Å². The SMILES string of the molecule is COCCNC1(CO)CCC(C)C1. The maximum Gasteiger partial charge on any atom is 0.0613 e. The summed E-state index contributed by atoms with van der Waals surface area (Å²) in [7, 11) is 1.70. The molecule has 1 saturated carbocycles. The summed E-state index contributed by atoms with van der Waals surface area (Å²) >= 11 is 0. The van der Waals surface area contributed by atoms with Crippen LogP contribution in [0.1, 0.15) is 26.2 Å². The average Bonchev–Trinajstić information content (AvgIpc) is 2.49. The highest BCUT2D eigenvalue weighted by Gasteiger charge is 2.35. The largest absolute Gasteiger partial charge is 0.394 e. The van der Waals surface area contributed by atoms with Crippen molar-refractivity contribution in [3.05, 3.63) is 0 Å². The highest BCUT2D eigenvalue weighted by molar-refractivity contribution is 4.94. The van der Waals surface area contributed by atoms with Gasteiger partial charge in [0.25, 0.3) is 0 Å². The Bertz CT molecular complexity index is 152. The highest BCUT2D eigenvalue weighted by Crippen LogP contribution is 2.33. The van der Waals surface area contributed by atoms with E-state index >= 15 is 0 Å². The number of rotatable bonds is 5. The summed E-state index contributed by atoms with van der Waals surface area (Å²) in [6.07, 6.45) is 3.40. The quantitative estimate of drug-likeness (QED) is 0.625. The topological polar surface area (TPSA) is 41.5 Å². The summed E-state index contributed by atoms with van der Waals surface area (Å²) in [5, 5.41) is 12.7. The standard InChI is InChI=1S/C10H21NO2/c1-9-3-4-10(7-9,8-12)11-5-6-13-2/h9,11-12H,3-8H2,1-2H3. The fraction of sp³-hybridized carbons (Fsp3) is 1.00. The summed E-state index contributed by atoms with van der Waals surface area (Å²) in [6.45, 7) is 4.05. The van der Waals surface area contributed by atoms with Gasteiger partial charge in [0.15, 0.2) is 0 Å². The van der Waals surface area contributed by atoms with Crippen molar-refractivity contribution in [2.45, 2.75) is 31.7 Å². The minimum absolute atomic E-state index is 0.0159. The second-order valence-corrected chi connectivity index (χ2v) is 4.21. The van der Waals surface area contributed by atoms with Gasteiger partial charge in [0, 0.05) is 19.2 Å². The second-order valence-electron chi connectivity index (χ2n) is 4.21. The Kier molecular flexibility index (Phi) is 4.16. The maximum atomic E-state index is 9.33. The van der Waals surface area contributed by atoms with E-state index in [1.54, 1.807) is 7.11 Å². The molecule has 0 saturated heterocycles. The summed E-state index contributed by atoms with van der Waals surface area (Å²) < 4.78 is 4.97. The van der Waals surface area contributed by atoms with Crippen LogP contribution in [0, 0.1) is 5.92 Å². The van der Waals surface area contributed by atoms with Crippen molar-refractivity contribution < 1.29 is 9.84 Å². The van der Waals surface area contributed by atoms with Gasteiger partial charge in [0.05, 0.1) is 13.2 Å². The molecule has 0 aromatic rings. The molecule has 2 N–H and O–H groups in total. The van der Waals surface area contributed by atoms with Crippen LogP contribution in [0.5, 0.6) is 0 Å². The number of aliphatic hydroxyl groups excluding tert-OH is 1. The van der Waals surface area contributed by atoms with Crippen molar-refractivity contribution in [2.24, 2.45) is 5.92 Å². The van der Waals surface area contributed by atoms with Gasteiger partial charge in [-0.3, -0.25) is 0 Å². The third-order valence-electron chi connectivity index (χ3n) is 2.96. The number of ether oxygens (including phenoxy) is 1. The lowest BCUT2D eigenvalue weighted by molar-refractivity contribution is 0.138. The molecule has 1 fully saturated rings. The van der Waals surface area contributed by atoms with E-state index in [1.807, 2.05) is 0 Å². The van der Waals surface area contributed by atoms with Crippen molar-refractivity contribution in [1.29, 1.82) is 0 Å². The normalized spacial score (nSPS) is 33.9. The van der Waals surface area contributed by atoms with Crippen LogP contribution < -0.4 is 5.32 Å². The first kappa shape index (κ1) is 11.0. The third kappa shape index (κ3) is 2.93. The molecule has 1 aliphatic carbocycles. The van der Waals surface area contributed by atoms with E-state index in [2.05, 4.69) is 12.2 Å². The van der Waals surface area contributed by atoms with E-state index in [9.17, 15) is 5.11 Å². The van der Waals surface area contributed by atoms with Gasteiger partial charge >= 0.3 is 0 Å². The molecule has 3 heteroatoms. The Morgan fingerprint density at radius 3 is 2.85 bits per heavy atom. The van der Waals surface area contributed by atoms with Crippen molar-refractivity contribution in [3.8, 4) is 0 Å². The molecule has 2 atom stereocenters. The zero-order valence-electron chi connectivity index (χ0n) is 8.68. The van der Waals surface area contributed by atoms with Gasteiger partial charge < -0.3 is 15.2 Å². The minimum atomic E-state index is -0.0159. The molecule has 0 aromatic carbocycles. The molecule has 13 heavy (non-hydrogen) atoms. The Hall–Kier alpha value is -0.120.